The largest absolute Gasteiger partial charge is 0.481 e. The van der Waals surface area contributed by atoms with Crippen LogP contribution in [0.5, 0.6) is 0 Å². The van der Waals surface area contributed by atoms with E-state index in [9.17, 15) is 9.90 Å². The molecule has 0 amide bonds. The molecule has 1 fully saturated rings. The van der Waals surface area contributed by atoms with Gasteiger partial charge < -0.3 is 9.84 Å². The molecular formula is C15H19ClO3. The number of halogens is 1. The van der Waals surface area contributed by atoms with Gasteiger partial charge in [0.2, 0.25) is 0 Å². The first-order valence-electron chi connectivity index (χ1n) is 6.76. The molecule has 0 spiro atoms. The Morgan fingerprint density at radius 2 is 2.37 bits per heavy atom. The van der Waals surface area contributed by atoms with Crippen LogP contribution in [0.15, 0.2) is 24.3 Å². The number of hydrogen-bond acceptors (Lipinski definition) is 2. The molecule has 3 nitrogen and oxygen atoms in total. The maximum atomic E-state index is 11.4. The number of carboxylic acid groups (broad SMARTS) is 1. The third-order valence-corrected chi connectivity index (χ3v) is 3.83. The predicted molar refractivity (Wildman–Crippen MR) is 74.7 cm³/mol. The average molecular weight is 283 g/mol. The van der Waals surface area contributed by atoms with Gasteiger partial charge in [-0.25, -0.2) is 0 Å². The minimum absolute atomic E-state index is 0.328. The van der Waals surface area contributed by atoms with Crippen molar-refractivity contribution in [3.05, 3.63) is 34.9 Å². The molecule has 2 atom stereocenters. The van der Waals surface area contributed by atoms with E-state index in [2.05, 4.69) is 0 Å². The predicted octanol–water partition coefficient (Wildman–Crippen LogP) is 3.86. The van der Waals surface area contributed by atoms with Crippen LogP contribution in [0.3, 0.4) is 0 Å². The van der Waals surface area contributed by atoms with Gasteiger partial charge in [0, 0.05) is 11.6 Å². The van der Waals surface area contributed by atoms with E-state index in [1.165, 1.54) is 0 Å². The van der Waals surface area contributed by atoms with Crippen molar-refractivity contribution in [1.82, 2.24) is 0 Å². The quantitative estimate of drug-likeness (QED) is 0.862. The highest BCUT2D eigenvalue weighted by molar-refractivity contribution is 6.30. The molecule has 1 heterocycles. The highest BCUT2D eigenvalue weighted by atomic mass is 35.5. The van der Waals surface area contributed by atoms with Crippen molar-refractivity contribution in [3.63, 3.8) is 0 Å². The zero-order valence-electron chi connectivity index (χ0n) is 10.8. The van der Waals surface area contributed by atoms with E-state index in [0.29, 0.717) is 17.5 Å². The molecule has 104 valence electrons. The Hall–Kier alpha value is -1.06. The van der Waals surface area contributed by atoms with Crippen molar-refractivity contribution in [2.45, 2.75) is 44.1 Å². The summed E-state index contributed by atoms with van der Waals surface area (Å²) in [6, 6.07) is 7.13. The van der Waals surface area contributed by atoms with E-state index in [-0.39, 0.29) is 0 Å². The Kier molecular flexibility index (Phi) is 5.23. The minimum Gasteiger partial charge on any atom is -0.481 e. The van der Waals surface area contributed by atoms with Gasteiger partial charge in [-0.2, -0.15) is 0 Å². The molecule has 19 heavy (non-hydrogen) atoms. The van der Waals surface area contributed by atoms with E-state index >= 15 is 0 Å². The lowest BCUT2D eigenvalue weighted by molar-refractivity contribution is -0.139. The summed E-state index contributed by atoms with van der Waals surface area (Å²) in [5, 5.41) is 9.92. The first-order valence-corrected chi connectivity index (χ1v) is 7.14. The van der Waals surface area contributed by atoms with Crippen molar-refractivity contribution in [2.75, 3.05) is 6.61 Å². The van der Waals surface area contributed by atoms with Crippen LogP contribution in [0.2, 0.25) is 5.02 Å². The van der Waals surface area contributed by atoms with Gasteiger partial charge in [-0.05, 0) is 49.8 Å². The molecule has 0 bridgehead atoms. The molecule has 2 unspecified atom stereocenters. The summed E-state index contributed by atoms with van der Waals surface area (Å²) in [5.41, 5.74) is 0.785. The molecule has 1 aromatic rings. The van der Waals surface area contributed by atoms with Crippen molar-refractivity contribution in [3.8, 4) is 0 Å². The summed E-state index contributed by atoms with van der Waals surface area (Å²) in [4.78, 5) is 11.4. The molecule has 1 aliphatic heterocycles. The van der Waals surface area contributed by atoms with E-state index < -0.39 is 11.9 Å². The highest BCUT2D eigenvalue weighted by Crippen LogP contribution is 2.26. The van der Waals surface area contributed by atoms with Crippen LogP contribution in [0.1, 0.15) is 43.6 Å². The molecule has 0 aromatic heterocycles. The Balaban J connectivity index is 1.90. The van der Waals surface area contributed by atoms with E-state index in [1.807, 2.05) is 6.07 Å². The molecule has 1 N–H and O–H groups in total. The van der Waals surface area contributed by atoms with Crippen LogP contribution in [-0.2, 0) is 9.53 Å². The summed E-state index contributed by atoms with van der Waals surface area (Å²) in [6.45, 7) is 0.849. The molecule has 0 saturated carbocycles. The van der Waals surface area contributed by atoms with Gasteiger partial charge in [-0.3, -0.25) is 4.79 Å². The zero-order valence-corrected chi connectivity index (χ0v) is 11.6. The van der Waals surface area contributed by atoms with Crippen molar-refractivity contribution >= 4 is 17.6 Å². The minimum atomic E-state index is -0.783. The lowest BCUT2D eigenvalue weighted by atomic mass is 9.93. The zero-order chi connectivity index (χ0) is 13.7. The number of rotatable bonds is 6. The third-order valence-electron chi connectivity index (χ3n) is 3.59. The fourth-order valence-corrected chi connectivity index (χ4v) is 2.78. The van der Waals surface area contributed by atoms with Crippen LogP contribution in [0.4, 0.5) is 0 Å². The van der Waals surface area contributed by atoms with Crippen molar-refractivity contribution in [2.24, 2.45) is 0 Å². The smallest absolute Gasteiger partial charge is 0.310 e. The van der Waals surface area contributed by atoms with Crippen LogP contribution in [0.25, 0.3) is 0 Å². The maximum absolute atomic E-state index is 11.4. The van der Waals surface area contributed by atoms with Crippen LogP contribution in [0, 0.1) is 0 Å². The summed E-state index contributed by atoms with van der Waals surface area (Å²) in [7, 11) is 0. The number of ether oxygens (including phenoxy) is 1. The molecule has 1 aromatic carbocycles. The number of carbonyl (C=O) groups is 1. The fraction of sp³-hybridized carbons (Fsp3) is 0.533. The number of benzene rings is 1. The molecule has 2 rings (SSSR count). The van der Waals surface area contributed by atoms with Crippen LogP contribution < -0.4 is 0 Å². The molecule has 0 aliphatic carbocycles. The van der Waals surface area contributed by atoms with Gasteiger partial charge in [0.1, 0.15) is 0 Å². The van der Waals surface area contributed by atoms with Crippen LogP contribution >= 0.6 is 11.6 Å². The highest BCUT2D eigenvalue weighted by Gasteiger charge is 2.21. The Labute approximate surface area is 118 Å². The molecule has 1 aliphatic rings. The summed E-state index contributed by atoms with van der Waals surface area (Å²) >= 11 is 5.92. The second-order valence-electron chi connectivity index (χ2n) is 5.01. The summed E-state index contributed by atoms with van der Waals surface area (Å²) < 4.78 is 5.55. The van der Waals surface area contributed by atoms with E-state index in [4.69, 9.17) is 16.3 Å². The second-order valence-corrected chi connectivity index (χ2v) is 5.45. The number of hydrogen-bond donors (Lipinski definition) is 1. The average Bonchev–Trinajstić information content (AvgIpc) is 2.87. The number of aliphatic carboxylic acids is 1. The summed E-state index contributed by atoms with van der Waals surface area (Å²) in [6.07, 6.45) is 5.01. The molecule has 0 radical (unpaired) electrons. The fourth-order valence-electron chi connectivity index (χ4n) is 2.58. The Morgan fingerprint density at radius 1 is 1.53 bits per heavy atom. The topological polar surface area (TPSA) is 46.5 Å². The van der Waals surface area contributed by atoms with E-state index in [1.54, 1.807) is 18.2 Å². The third kappa shape index (κ3) is 4.22. The lowest BCUT2D eigenvalue weighted by Gasteiger charge is -2.14. The first-order chi connectivity index (χ1) is 9.16. The summed E-state index contributed by atoms with van der Waals surface area (Å²) in [5.74, 6) is -1.25. The molecule has 1 saturated heterocycles. The number of carboxylic acids is 1. The van der Waals surface area contributed by atoms with Crippen LogP contribution in [-0.4, -0.2) is 23.8 Å². The lowest BCUT2D eigenvalue weighted by Crippen LogP contribution is -2.13. The van der Waals surface area contributed by atoms with Gasteiger partial charge in [0.05, 0.1) is 12.0 Å². The normalized spacial score (nSPS) is 20.4. The molecular weight excluding hydrogens is 264 g/mol. The van der Waals surface area contributed by atoms with Crippen molar-refractivity contribution in [1.29, 1.82) is 0 Å². The first kappa shape index (κ1) is 14.4. The SMILES string of the molecule is O=C(O)C(CCCC1CCCO1)c1cccc(Cl)c1. The second kappa shape index (κ2) is 6.92. The van der Waals surface area contributed by atoms with Gasteiger partial charge in [-0.15, -0.1) is 0 Å². The van der Waals surface area contributed by atoms with E-state index in [0.717, 1.165) is 37.9 Å². The maximum Gasteiger partial charge on any atom is 0.310 e. The monoisotopic (exact) mass is 282 g/mol. The van der Waals surface area contributed by atoms with Gasteiger partial charge in [0.15, 0.2) is 0 Å². The van der Waals surface area contributed by atoms with Gasteiger partial charge in [0.25, 0.3) is 0 Å². The Bertz CT molecular complexity index is 427. The standard InChI is InChI=1S/C15H19ClO3/c16-12-5-1-4-11(10-12)14(15(17)18)8-2-6-13-7-3-9-19-13/h1,4-5,10,13-14H,2-3,6-9H2,(H,17,18). The van der Waals surface area contributed by atoms with Gasteiger partial charge in [-0.1, -0.05) is 23.7 Å². The van der Waals surface area contributed by atoms with Gasteiger partial charge >= 0.3 is 5.97 Å². The van der Waals surface area contributed by atoms with Crippen molar-refractivity contribution < 1.29 is 14.6 Å². The molecule has 4 heteroatoms. The Morgan fingerprint density at radius 3 is 3.00 bits per heavy atom.